The number of hydrogen-bond donors (Lipinski definition) is 3. The summed E-state index contributed by atoms with van der Waals surface area (Å²) in [5.74, 6) is -2.04. The van der Waals surface area contributed by atoms with Crippen molar-refractivity contribution in [3.05, 3.63) is 32.9 Å². The van der Waals surface area contributed by atoms with Gasteiger partial charge in [-0.15, -0.1) is 11.8 Å². The van der Waals surface area contributed by atoms with Gasteiger partial charge in [0.25, 0.3) is 0 Å². The van der Waals surface area contributed by atoms with Crippen molar-refractivity contribution in [3.8, 4) is 11.5 Å². The number of amides is 1. The summed E-state index contributed by atoms with van der Waals surface area (Å²) in [5, 5.41) is 28.4. The zero-order valence-corrected chi connectivity index (χ0v) is 13.9. The molecule has 6 nitrogen and oxygen atoms in total. The molecule has 2 aliphatic rings. The Labute approximate surface area is 145 Å². The zero-order valence-electron chi connectivity index (χ0n) is 11.5. The van der Waals surface area contributed by atoms with Gasteiger partial charge in [-0.1, -0.05) is 23.2 Å². The molecule has 0 spiro atoms. The number of β-lactam (4-membered cyclic amide) rings is 1. The van der Waals surface area contributed by atoms with Crippen molar-refractivity contribution >= 4 is 46.8 Å². The van der Waals surface area contributed by atoms with Crippen LogP contribution in [-0.2, 0) is 16.0 Å². The summed E-state index contributed by atoms with van der Waals surface area (Å²) in [7, 11) is 0. The SMILES string of the molecule is O=C(O)C1=C(Cc2cc(Cl)c(O)c(O)c2Cl)CS[C@H]2CC(=O)N12. The van der Waals surface area contributed by atoms with Crippen molar-refractivity contribution in [2.24, 2.45) is 0 Å². The average Bonchev–Trinajstić information content (AvgIpc) is 2.50. The fourth-order valence-electron chi connectivity index (χ4n) is 2.63. The number of carbonyl (C=O) groups excluding carboxylic acids is 1. The van der Waals surface area contributed by atoms with Crippen LogP contribution in [0.15, 0.2) is 17.3 Å². The summed E-state index contributed by atoms with van der Waals surface area (Å²) in [6, 6.07) is 1.38. The Morgan fingerprint density at radius 1 is 1.35 bits per heavy atom. The molecule has 0 aromatic heterocycles. The van der Waals surface area contributed by atoms with Gasteiger partial charge in [0.05, 0.1) is 21.8 Å². The number of phenols is 2. The van der Waals surface area contributed by atoms with Crippen molar-refractivity contribution in [3.63, 3.8) is 0 Å². The lowest BCUT2D eigenvalue weighted by molar-refractivity contribution is -0.146. The molecule has 1 fully saturated rings. The first kappa shape index (κ1) is 16.3. The molecule has 3 N–H and O–H groups in total. The molecule has 1 saturated heterocycles. The van der Waals surface area contributed by atoms with Crippen LogP contribution < -0.4 is 0 Å². The van der Waals surface area contributed by atoms with E-state index in [-0.39, 0.29) is 33.4 Å². The molecule has 3 rings (SSSR count). The number of carboxylic acids is 1. The fraction of sp³-hybridized carbons (Fsp3) is 0.286. The molecule has 0 bridgehead atoms. The molecule has 2 heterocycles. The van der Waals surface area contributed by atoms with Crippen LogP contribution in [0.1, 0.15) is 12.0 Å². The Hall–Kier alpha value is -1.57. The standard InChI is InChI=1S/C14H11Cl2NO5S/c15-7-2-5(10(16)13(20)12(7)19)1-6-4-23-9-3-8(18)17(9)11(6)14(21)22/h2,9,19-20H,1,3-4H2,(H,21,22)/t9-/m0/s1. The molecule has 1 aromatic carbocycles. The van der Waals surface area contributed by atoms with Gasteiger partial charge in [-0.05, 0) is 23.6 Å². The maximum atomic E-state index is 11.7. The third-order valence-electron chi connectivity index (χ3n) is 3.78. The summed E-state index contributed by atoms with van der Waals surface area (Å²) < 4.78 is 0. The summed E-state index contributed by atoms with van der Waals surface area (Å²) in [6.07, 6.45) is 0.443. The van der Waals surface area contributed by atoms with Gasteiger partial charge in [-0.2, -0.15) is 0 Å². The van der Waals surface area contributed by atoms with Gasteiger partial charge in [0.2, 0.25) is 5.91 Å². The van der Waals surface area contributed by atoms with E-state index in [0.29, 0.717) is 23.3 Å². The Kier molecular flexibility index (Phi) is 4.12. The highest BCUT2D eigenvalue weighted by Gasteiger charge is 2.45. The maximum Gasteiger partial charge on any atom is 0.352 e. The Morgan fingerprint density at radius 2 is 2.04 bits per heavy atom. The molecule has 9 heteroatoms. The Morgan fingerprint density at radius 3 is 2.65 bits per heavy atom. The Balaban J connectivity index is 2.03. The third kappa shape index (κ3) is 2.62. The van der Waals surface area contributed by atoms with E-state index >= 15 is 0 Å². The van der Waals surface area contributed by atoms with E-state index in [0.717, 1.165) is 0 Å². The first-order valence-corrected chi connectivity index (χ1v) is 8.39. The molecule has 1 atom stereocenters. The lowest BCUT2D eigenvalue weighted by atomic mass is 10.0. The van der Waals surface area contributed by atoms with Gasteiger partial charge in [0, 0.05) is 5.75 Å². The highest BCUT2D eigenvalue weighted by atomic mass is 35.5. The summed E-state index contributed by atoms with van der Waals surface area (Å²) in [4.78, 5) is 24.5. The number of carboxylic acid groups (broad SMARTS) is 1. The van der Waals surface area contributed by atoms with E-state index in [1.807, 2.05) is 0 Å². The predicted octanol–water partition coefficient (Wildman–Crippen LogP) is 2.59. The third-order valence-corrected chi connectivity index (χ3v) is 5.77. The first-order valence-electron chi connectivity index (χ1n) is 6.59. The number of benzene rings is 1. The molecule has 0 saturated carbocycles. The number of thioether (sulfide) groups is 1. The molecule has 23 heavy (non-hydrogen) atoms. The number of aliphatic carboxylic acids is 1. The second kappa shape index (κ2) is 5.81. The smallest absolute Gasteiger partial charge is 0.352 e. The van der Waals surface area contributed by atoms with Crippen LogP contribution >= 0.6 is 35.0 Å². The topological polar surface area (TPSA) is 98.1 Å². The molecule has 0 radical (unpaired) electrons. The van der Waals surface area contributed by atoms with Crippen molar-refractivity contribution < 1.29 is 24.9 Å². The number of hydrogen-bond acceptors (Lipinski definition) is 5. The van der Waals surface area contributed by atoms with Gasteiger partial charge in [0.1, 0.15) is 5.70 Å². The van der Waals surface area contributed by atoms with E-state index in [1.165, 1.54) is 22.7 Å². The van der Waals surface area contributed by atoms with Crippen molar-refractivity contribution in [2.45, 2.75) is 18.2 Å². The molecule has 122 valence electrons. The van der Waals surface area contributed by atoms with E-state index < -0.39 is 17.5 Å². The highest BCUT2D eigenvalue weighted by Crippen LogP contribution is 2.44. The van der Waals surface area contributed by atoms with E-state index in [9.17, 15) is 24.9 Å². The Bertz CT molecular complexity index is 764. The van der Waals surface area contributed by atoms with Gasteiger partial charge in [-0.25, -0.2) is 4.79 Å². The minimum absolute atomic E-state index is 0.0373. The lowest BCUT2D eigenvalue weighted by Crippen LogP contribution is -2.54. The van der Waals surface area contributed by atoms with Crippen molar-refractivity contribution in [2.75, 3.05) is 5.75 Å². The molecule has 2 aliphatic heterocycles. The normalized spacial score (nSPS) is 20.3. The van der Waals surface area contributed by atoms with Gasteiger partial charge >= 0.3 is 5.97 Å². The summed E-state index contributed by atoms with van der Waals surface area (Å²) in [6.45, 7) is 0. The lowest BCUT2D eigenvalue weighted by Gasteiger charge is -2.44. The average molecular weight is 376 g/mol. The van der Waals surface area contributed by atoms with E-state index in [4.69, 9.17) is 23.2 Å². The number of aromatic hydroxyl groups is 2. The molecule has 1 amide bonds. The summed E-state index contributed by atoms with van der Waals surface area (Å²) in [5.41, 5.74) is 0.854. The van der Waals surface area contributed by atoms with Crippen molar-refractivity contribution in [1.29, 1.82) is 0 Å². The number of phenolic OH excluding ortho intramolecular Hbond substituents is 2. The minimum atomic E-state index is -1.18. The number of fused-ring (bicyclic) bond motifs is 1. The first-order chi connectivity index (χ1) is 10.8. The van der Waals surface area contributed by atoms with Crippen LogP contribution in [0.3, 0.4) is 0 Å². The number of halogens is 2. The van der Waals surface area contributed by atoms with Crippen LogP contribution in [0.25, 0.3) is 0 Å². The predicted molar refractivity (Wildman–Crippen MR) is 85.9 cm³/mol. The van der Waals surface area contributed by atoms with Gasteiger partial charge in [-0.3, -0.25) is 9.69 Å². The fourth-order valence-corrected chi connectivity index (χ4v) is 4.32. The number of nitrogens with zero attached hydrogens (tertiary/aromatic N) is 1. The van der Waals surface area contributed by atoms with Crippen molar-refractivity contribution in [1.82, 2.24) is 4.90 Å². The van der Waals surface area contributed by atoms with E-state index in [2.05, 4.69) is 0 Å². The van der Waals surface area contributed by atoms with Crippen LogP contribution in [0, 0.1) is 0 Å². The van der Waals surface area contributed by atoms with Gasteiger partial charge < -0.3 is 15.3 Å². The largest absolute Gasteiger partial charge is 0.503 e. The molecule has 1 aromatic rings. The number of carbonyl (C=O) groups is 2. The molecule has 0 unspecified atom stereocenters. The van der Waals surface area contributed by atoms with Gasteiger partial charge in [0.15, 0.2) is 11.5 Å². The maximum absolute atomic E-state index is 11.7. The molecular weight excluding hydrogens is 365 g/mol. The van der Waals surface area contributed by atoms with Crippen LogP contribution in [-0.4, -0.2) is 43.2 Å². The second-order valence-electron chi connectivity index (χ2n) is 5.20. The zero-order chi connectivity index (χ0) is 16.9. The van der Waals surface area contributed by atoms with Crippen LogP contribution in [0.2, 0.25) is 10.0 Å². The van der Waals surface area contributed by atoms with Crippen LogP contribution in [0.4, 0.5) is 0 Å². The van der Waals surface area contributed by atoms with E-state index in [1.54, 1.807) is 0 Å². The monoisotopic (exact) mass is 375 g/mol. The highest BCUT2D eigenvalue weighted by molar-refractivity contribution is 8.00. The molecular formula is C14H11Cl2NO5S. The van der Waals surface area contributed by atoms with Crippen LogP contribution in [0.5, 0.6) is 11.5 Å². The summed E-state index contributed by atoms with van der Waals surface area (Å²) >= 11 is 13.3. The quantitative estimate of drug-likeness (QED) is 0.554. The second-order valence-corrected chi connectivity index (χ2v) is 7.15. The number of rotatable bonds is 3. The minimum Gasteiger partial charge on any atom is -0.503 e. The molecule has 0 aliphatic carbocycles.